The normalized spacial score (nSPS) is 10.5. The summed E-state index contributed by atoms with van der Waals surface area (Å²) in [6, 6.07) is 3.89. The monoisotopic (exact) mass is 282 g/mol. The molecule has 3 N–H and O–H groups in total. The molecule has 0 aliphatic heterocycles. The van der Waals surface area contributed by atoms with Gasteiger partial charge in [0.05, 0.1) is 24.4 Å². The number of carbonyl (C=O) groups is 1. The van der Waals surface area contributed by atoms with Crippen molar-refractivity contribution in [3.8, 4) is 0 Å². The fourth-order valence-electron chi connectivity index (χ4n) is 1.76. The predicted molar refractivity (Wildman–Crippen MR) is 79.0 cm³/mol. The van der Waals surface area contributed by atoms with Crippen LogP contribution in [0, 0.1) is 5.82 Å². The van der Waals surface area contributed by atoms with Crippen molar-refractivity contribution in [2.45, 2.75) is 39.0 Å². The highest BCUT2D eigenvalue weighted by molar-refractivity contribution is 5.93. The van der Waals surface area contributed by atoms with Crippen LogP contribution in [0.5, 0.6) is 0 Å². The maximum atomic E-state index is 12.8. The zero-order chi connectivity index (χ0) is 14.8. The molecule has 1 rings (SSSR count). The Morgan fingerprint density at radius 2 is 2.10 bits per heavy atom. The average Bonchev–Trinajstić information content (AvgIpc) is 2.41. The molecule has 0 aliphatic rings. The Balaban J connectivity index is 2.17. The minimum absolute atomic E-state index is 0.183. The number of amides is 1. The summed E-state index contributed by atoms with van der Waals surface area (Å²) in [4.78, 5) is 11.6. The van der Waals surface area contributed by atoms with E-state index in [0.29, 0.717) is 18.9 Å². The zero-order valence-electron chi connectivity index (χ0n) is 12.0. The molecule has 0 radical (unpaired) electrons. The van der Waals surface area contributed by atoms with Gasteiger partial charge in [-0.2, -0.15) is 0 Å². The molecule has 4 nitrogen and oxygen atoms in total. The van der Waals surface area contributed by atoms with Gasteiger partial charge in [0.15, 0.2) is 0 Å². The van der Waals surface area contributed by atoms with Crippen molar-refractivity contribution < 1.29 is 13.9 Å². The summed E-state index contributed by atoms with van der Waals surface area (Å²) in [5.74, 6) is -0.604. The minimum atomic E-state index is -0.420. The lowest BCUT2D eigenvalue weighted by molar-refractivity contribution is -0.117. The van der Waals surface area contributed by atoms with Crippen molar-refractivity contribution in [3.63, 3.8) is 0 Å². The smallest absolute Gasteiger partial charge is 0.226 e. The Bertz CT molecular complexity index is 424. The number of ether oxygens (including phenoxy) is 1. The Morgan fingerprint density at radius 1 is 1.30 bits per heavy atom. The number of rotatable bonds is 9. The first-order valence-corrected chi connectivity index (χ1v) is 7.06. The first kappa shape index (κ1) is 16.4. The van der Waals surface area contributed by atoms with Crippen molar-refractivity contribution in [2.75, 3.05) is 24.3 Å². The number of benzene rings is 1. The summed E-state index contributed by atoms with van der Waals surface area (Å²) >= 11 is 0. The van der Waals surface area contributed by atoms with Crippen LogP contribution in [0.1, 0.15) is 39.0 Å². The highest BCUT2D eigenvalue weighted by Crippen LogP contribution is 2.19. The Morgan fingerprint density at radius 3 is 2.80 bits per heavy atom. The third-order valence-electron chi connectivity index (χ3n) is 2.90. The van der Waals surface area contributed by atoms with Gasteiger partial charge in [0, 0.05) is 6.61 Å². The van der Waals surface area contributed by atoms with Crippen LogP contribution in [-0.2, 0) is 9.53 Å². The fourth-order valence-corrected chi connectivity index (χ4v) is 1.76. The molecule has 0 spiro atoms. The van der Waals surface area contributed by atoms with Crippen LogP contribution in [0.15, 0.2) is 18.2 Å². The first-order chi connectivity index (χ1) is 9.63. The number of nitrogens with one attached hydrogen (secondary N) is 1. The first-order valence-electron chi connectivity index (χ1n) is 7.06. The maximum Gasteiger partial charge on any atom is 0.226 e. The van der Waals surface area contributed by atoms with E-state index in [-0.39, 0.29) is 18.0 Å². The molecular formula is C15H23FN2O2. The van der Waals surface area contributed by atoms with Gasteiger partial charge in [-0.1, -0.05) is 26.2 Å². The van der Waals surface area contributed by atoms with Crippen molar-refractivity contribution in [1.82, 2.24) is 0 Å². The van der Waals surface area contributed by atoms with Crippen LogP contribution >= 0.6 is 0 Å². The number of carbonyl (C=O) groups excluding carboxylic acids is 1. The van der Waals surface area contributed by atoms with E-state index in [1.165, 1.54) is 31.0 Å². The van der Waals surface area contributed by atoms with E-state index in [1.807, 2.05) is 0 Å². The number of anilines is 2. The Hall–Kier alpha value is -1.62. The van der Waals surface area contributed by atoms with E-state index in [4.69, 9.17) is 10.5 Å². The third-order valence-corrected chi connectivity index (χ3v) is 2.90. The van der Waals surface area contributed by atoms with Crippen molar-refractivity contribution in [3.05, 3.63) is 24.0 Å². The second kappa shape index (κ2) is 9.31. The predicted octanol–water partition coefficient (Wildman–Crippen LogP) is 3.33. The number of nitrogens with two attached hydrogens (primary N) is 1. The molecule has 0 saturated heterocycles. The Kier molecular flexibility index (Phi) is 7.65. The van der Waals surface area contributed by atoms with Crippen molar-refractivity contribution in [1.29, 1.82) is 0 Å². The van der Waals surface area contributed by atoms with E-state index in [1.54, 1.807) is 0 Å². The molecule has 112 valence electrons. The van der Waals surface area contributed by atoms with Gasteiger partial charge in [0.2, 0.25) is 5.91 Å². The SMILES string of the molecule is CCCCCCOCCC(=O)Nc1ccc(F)cc1N. The number of hydrogen-bond donors (Lipinski definition) is 2. The number of unbranched alkanes of at least 4 members (excludes halogenated alkanes) is 3. The molecule has 0 heterocycles. The van der Waals surface area contributed by atoms with Crippen LogP contribution < -0.4 is 11.1 Å². The molecule has 0 aliphatic carbocycles. The molecule has 0 fully saturated rings. The fraction of sp³-hybridized carbons (Fsp3) is 0.533. The van der Waals surface area contributed by atoms with Gasteiger partial charge in [-0.3, -0.25) is 4.79 Å². The lowest BCUT2D eigenvalue weighted by Crippen LogP contribution is -2.15. The lowest BCUT2D eigenvalue weighted by atomic mass is 10.2. The van der Waals surface area contributed by atoms with Crippen LogP contribution in [-0.4, -0.2) is 19.1 Å². The second-order valence-electron chi connectivity index (χ2n) is 4.70. The maximum absolute atomic E-state index is 12.8. The van der Waals surface area contributed by atoms with Crippen molar-refractivity contribution in [2.24, 2.45) is 0 Å². The summed E-state index contributed by atoms with van der Waals surface area (Å²) in [7, 11) is 0. The molecule has 1 aromatic carbocycles. The number of hydrogen-bond acceptors (Lipinski definition) is 3. The molecule has 20 heavy (non-hydrogen) atoms. The van der Waals surface area contributed by atoms with Crippen LogP contribution in [0.25, 0.3) is 0 Å². The van der Waals surface area contributed by atoms with Gasteiger partial charge in [0.1, 0.15) is 5.82 Å². The van der Waals surface area contributed by atoms with Gasteiger partial charge >= 0.3 is 0 Å². The summed E-state index contributed by atoms with van der Waals surface area (Å²) < 4.78 is 18.2. The van der Waals surface area contributed by atoms with Gasteiger partial charge in [0.25, 0.3) is 0 Å². The molecule has 1 aromatic rings. The number of halogens is 1. The lowest BCUT2D eigenvalue weighted by Gasteiger charge is -2.08. The zero-order valence-corrected chi connectivity index (χ0v) is 12.0. The molecular weight excluding hydrogens is 259 g/mol. The third kappa shape index (κ3) is 6.52. The van der Waals surface area contributed by atoms with Crippen LogP contribution in [0.4, 0.5) is 15.8 Å². The van der Waals surface area contributed by atoms with E-state index >= 15 is 0 Å². The molecule has 0 atom stereocenters. The molecule has 0 saturated carbocycles. The van der Waals surface area contributed by atoms with Crippen LogP contribution in [0.2, 0.25) is 0 Å². The molecule has 0 unspecified atom stereocenters. The van der Waals surface area contributed by atoms with Crippen molar-refractivity contribution >= 4 is 17.3 Å². The highest BCUT2D eigenvalue weighted by atomic mass is 19.1. The molecule has 0 aromatic heterocycles. The number of nitrogen functional groups attached to an aromatic ring is 1. The van der Waals surface area contributed by atoms with Gasteiger partial charge in [-0.05, 0) is 24.6 Å². The second-order valence-corrected chi connectivity index (χ2v) is 4.70. The summed E-state index contributed by atoms with van der Waals surface area (Å²) in [5.41, 5.74) is 6.26. The summed E-state index contributed by atoms with van der Waals surface area (Å²) in [5, 5.41) is 2.64. The quantitative estimate of drug-likeness (QED) is 0.539. The summed E-state index contributed by atoms with van der Waals surface area (Å²) in [6.07, 6.45) is 4.87. The topological polar surface area (TPSA) is 64.3 Å². The molecule has 0 bridgehead atoms. The minimum Gasteiger partial charge on any atom is -0.397 e. The van der Waals surface area contributed by atoms with Gasteiger partial charge in [-0.25, -0.2) is 4.39 Å². The molecule has 5 heteroatoms. The standard InChI is InChI=1S/C15H23FN2O2/c1-2-3-4-5-9-20-10-8-15(19)18-14-7-6-12(16)11-13(14)17/h6-7,11H,2-5,8-10,17H2,1H3,(H,18,19). The van der Waals surface area contributed by atoms with Gasteiger partial charge in [-0.15, -0.1) is 0 Å². The highest BCUT2D eigenvalue weighted by Gasteiger charge is 2.06. The van der Waals surface area contributed by atoms with E-state index in [9.17, 15) is 9.18 Å². The van der Waals surface area contributed by atoms with E-state index in [2.05, 4.69) is 12.2 Å². The van der Waals surface area contributed by atoms with Crippen LogP contribution in [0.3, 0.4) is 0 Å². The van der Waals surface area contributed by atoms with Gasteiger partial charge < -0.3 is 15.8 Å². The Labute approximate surface area is 119 Å². The molecule has 1 amide bonds. The van der Waals surface area contributed by atoms with E-state index in [0.717, 1.165) is 12.8 Å². The van der Waals surface area contributed by atoms with E-state index < -0.39 is 5.82 Å². The summed E-state index contributed by atoms with van der Waals surface area (Å²) in [6.45, 7) is 3.23. The largest absolute Gasteiger partial charge is 0.397 e. The average molecular weight is 282 g/mol.